The molecule has 0 aliphatic carbocycles. The van der Waals surface area contributed by atoms with Gasteiger partial charge in [0, 0.05) is 18.6 Å². The highest BCUT2D eigenvalue weighted by Crippen LogP contribution is 2.25. The van der Waals surface area contributed by atoms with Gasteiger partial charge in [0.1, 0.15) is 11.6 Å². The molecule has 0 spiro atoms. The highest BCUT2D eigenvalue weighted by atomic mass is 19.1. The Balaban J connectivity index is 2.50. The van der Waals surface area contributed by atoms with Gasteiger partial charge >= 0.3 is 0 Å². The topological polar surface area (TPSA) is 37.4 Å². The Hall–Kier alpha value is -2.04. The Kier molecular flexibility index (Phi) is 2.75. The first kappa shape index (κ1) is 11.4. The first-order chi connectivity index (χ1) is 7.99. The van der Waals surface area contributed by atoms with Gasteiger partial charge in [-0.2, -0.15) is 0 Å². The molecule has 0 atom stereocenters. The Labute approximate surface area is 96.3 Å². The minimum atomic E-state index is -0.805. The third kappa shape index (κ3) is 2.08. The van der Waals surface area contributed by atoms with E-state index in [2.05, 4.69) is 0 Å². The zero-order valence-electron chi connectivity index (χ0n) is 9.04. The summed E-state index contributed by atoms with van der Waals surface area (Å²) in [5.41, 5.74) is 0.261. The molecule has 0 fully saturated rings. The number of rotatable bonds is 1. The van der Waals surface area contributed by atoms with E-state index in [1.165, 1.54) is 6.08 Å². The molecule has 0 aromatic heterocycles. The van der Waals surface area contributed by atoms with E-state index in [1.807, 2.05) is 0 Å². The van der Waals surface area contributed by atoms with Gasteiger partial charge in [0.15, 0.2) is 0 Å². The predicted molar refractivity (Wildman–Crippen MR) is 57.2 cm³/mol. The lowest BCUT2D eigenvalue weighted by atomic mass is 10.1. The van der Waals surface area contributed by atoms with Gasteiger partial charge in [-0.15, -0.1) is 0 Å². The normalized spacial score (nSPS) is 16.2. The van der Waals surface area contributed by atoms with Crippen molar-refractivity contribution in [2.75, 3.05) is 4.90 Å². The Morgan fingerprint density at radius 1 is 1.24 bits per heavy atom. The summed E-state index contributed by atoms with van der Waals surface area (Å²) in [5, 5.41) is 0. The molecule has 1 aromatic rings. The van der Waals surface area contributed by atoms with Crippen molar-refractivity contribution >= 4 is 17.5 Å². The predicted octanol–water partition coefficient (Wildman–Crippen LogP) is 2.17. The summed E-state index contributed by atoms with van der Waals surface area (Å²) in [6.07, 6.45) is 1.27. The molecule has 0 unspecified atom stereocenters. The van der Waals surface area contributed by atoms with E-state index in [9.17, 15) is 18.4 Å². The summed E-state index contributed by atoms with van der Waals surface area (Å²) in [4.78, 5) is 23.9. The summed E-state index contributed by atoms with van der Waals surface area (Å²) in [5.74, 6) is -2.71. The van der Waals surface area contributed by atoms with Crippen LogP contribution in [-0.2, 0) is 9.59 Å². The molecule has 2 rings (SSSR count). The van der Waals surface area contributed by atoms with Crippen LogP contribution in [0.2, 0.25) is 0 Å². The van der Waals surface area contributed by atoms with Gasteiger partial charge < -0.3 is 0 Å². The van der Waals surface area contributed by atoms with Crippen molar-refractivity contribution in [1.82, 2.24) is 0 Å². The van der Waals surface area contributed by atoms with E-state index in [0.717, 1.165) is 18.2 Å². The maximum atomic E-state index is 13.5. The third-order valence-electron chi connectivity index (χ3n) is 2.42. The maximum Gasteiger partial charge on any atom is 0.257 e. The summed E-state index contributed by atoms with van der Waals surface area (Å²) >= 11 is 0. The molecule has 88 valence electrons. The average molecular weight is 237 g/mol. The zero-order valence-corrected chi connectivity index (χ0v) is 9.04. The summed E-state index contributed by atoms with van der Waals surface area (Å²) in [6.45, 7) is 1.63. The standard InChI is InChI=1S/C12H9F2NO2/c1-7-4-11(16)15(12(17)5-7)10-6-8(13)2-3-9(10)14/h2-4,6H,5H2,1H3. The molecular weight excluding hydrogens is 228 g/mol. The minimum absolute atomic E-state index is 0.0295. The van der Waals surface area contributed by atoms with Gasteiger partial charge in [-0.1, -0.05) is 5.57 Å². The van der Waals surface area contributed by atoms with Gasteiger partial charge in [-0.3, -0.25) is 9.59 Å². The first-order valence-corrected chi connectivity index (χ1v) is 4.98. The van der Waals surface area contributed by atoms with E-state index in [1.54, 1.807) is 6.92 Å². The highest BCUT2D eigenvalue weighted by molar-refractivity contribution is 6.21. The molecule has 0 saturated heterocycles. The van der Waals surface area contributed by atoms with Crippen LogP contribution >= 0.6 is 0 Å². The van der Waals surface area contributed by atoms with Crippen LogP contribution in [0.1, 0.15) is 13.3 Å². The second-order valence-electron chi connectivity index (χ2n) is 3.83. The van der Waals surface area contributed by atoms with Crippen LogP contribution in [0.25, 0.3) is 0 Å². The molecule has 2 amide bonds. The van der Waals surface area contributed by atoms with Crippen molar-refractivity contribution in [2.24, 2.45) is 0 Å². The average Bonchev–Trinajstić information content (AvgIpc) is 2.21. The van der Waals surface area contributed by atoms with E-state index >= 15 is 0 Å². The molecule has 1 aliphatic rings. The van der Waals surface area contributed by atoms with Crippen LogP contribution in [0, 0.1) is 11.6 Å². The van der Waals surface area contributed by atoms with E-state index in [-0.39, 0.29) is 12.1 Å². The van der Waals surface area contributed by atoms with Crippen LogP contribution in [0.15, 0.2) is 29.8 Å². The fourth-order valence-corrected chi connectivity index (χ4v) is 1.68. The van der Waals surface area contributed by atoms with Crippen LogP contribution in [-0.4, -0.2) is 11.8 Å². The second-order valence-corrected chi connectivity index (χ2v) is 3.83. The molecule has 0 saturated carbocycles. The lowest BCUT2D eigenvalue weighted by Gasteiger charge is -2.23. The minimum Gasteiger partial charge on any atom is -0.274 e. The van der Waals surface area contributed by atoms with Gasteiger partial charge in [0.2, 0.25) is 5.91 Å². The number of carbonyl (C=O) groups is 2. The molecule has 1 aliphatic heterocycles. The summed E-state index contributed by atoms with van der Waals surface area (Å²) in [6, 6.07) is 2.65. The fourth-order valence-electron chi connectivity index (χ4n) is 1.68. The van der Waals surface area contributed by atoms with Crippen LogP contribution in [0.5, 0.6) is 0 Å². The zero-order chi connectivity index (χ0) is 12.6. The monoisotopic (exact) mass is 237 g/mol. The number of hydrogen-bond acceptors (Lipinski definition) is 2. The van der Waals surface area contributed by atoms with Crippen molar-refractivity contribution in [2.45, 2.75) is 13.3 Å². The molecule has 17 heavy (non-hydrogen) atoms. The Morgan fingerprint density at radius 2 is 1.94 bits per heavy atom. The largest absolute Gasteiger partial charge is 0.274 e. The van der Waals surface area contributed by atoms with Gasteiger partial charge in [0.25, 0.3) is 5.91 Å². The highest BCUT2D eigenvalue weighted by Gasteiger charge is 2.28. The van der Waals surface area contributed by atoms with Crippen molar-refractivity contribution in [3.8, 4) is 0 Å². The van der Waals surface area contributed by atoms with Crippen molar-refractivity contribution in [1.29, 1.82) is 0 Å². The van der Waals surface area contributed by atoms with Crippen LogP contribution < -0.4 is 4.90 Å². The molecule has 3 nitrogen and oxygen atoms in total. The molecular formula is C12H9F2NO2. The number of carbonyl (C=O) groups excluding carboxylic acids is 2. The SMILES string of the molecule is CC1=CC(=O)N(c2cc(F)ccc2F)C(=O)C1. The smallest absolute Gasteiger partial charge is 0.257 e. The molecule has 1 aromatic carbocycles. The van der Waals surface area contributed by atoms with Gasteiger partial charge in [0.05, 0.1) is 5.69 Å². The maximum absolute atomic E-state index is 13.5. The van der Waals surface area contributed by atoms with E-state index in [4.69, 9.17) is 0 Å². The van der Waals surface area contributed by atoms with Crippen LogP contribution in [0.4, 0.5) is 14.5 Å². The molecule has 0 radical (unpaired) electrons. The first-order valence-electron chi connectivity index (χ1n) is 4.98. The molecule has 0 bridgehead atoms. The number of anilines is 1. The lowest BCUT2D eigenvalue weighted by Crippen LogP contribution is -2.39. The number of benzene rings is 1. The van der Waals surface area contributed by atoms with Crippen LogP contribution in [0.3, 0.4) is 0 Å². The number of hydrogen-bond donors (Lipinski definition) is 0. The number of halogens is 2. The molecule has 1 heterocycles. The van der Waals surface area contributed by atoms with Gasteiger partial charge in [-0.25, -0.2) is 13.7 Å². The number of amides is 2. The van der Waals surface area contributed by atoms with E-state index < -0.39 is 23.4 Å². The fraction of sp³-hybridized carbons (Fsp3) is 0.167. The van der Waals surface area contributed by atoms with E-state index in [0.29, 0.717) is 10.5 Å². The quantitative estimate of drug-likeness (QED) is 0.702. The van der Waals surface area contributed by atoms with Gasteiger partial charge in [-0.05, 0) is 19.1 Å². The second kappa shape index (κ2) is 4.08. The van der Waals surface area contributed by atoms with Crippen molar-refractivity contribution in [3.63, 3.8) is 0 Å². The number of imide groups is 1. The number of nitrogens with zero attached hydrogens (tertiary/aromatic N) is 1. The summed E-state index contributed by atoms with van der Waals surface area (Å²) < 4.78 is 26.5. The summed E-state index contributed by atoms with van der Waals surface area (Å²) in [7, 11) is 0. The Morgan fingerprint density at radius 3 is 2.59 bits per heavy atom. The van der Waals surface area contributed by atoms with Crippen molar-refractivity contribution in [3.05, 3.63) is 41.5 Å². The molecule has 0 N–H and O–H groups in total. The third-order valence-corrected chi connectivity index (χ3v) is 2.42. The van der Waals surface area contributed by atoms with Crippen molar-refractivity contribution < 1.29 is 18.4 Å². The lowest BCUT2D eigenvalue weighted by molar-refractivity contribution is -0.124. The Bertz CT molecular complexity index is 537. The molecule has 5 heteroatoms.